The predicted octanol–water partition coefficient (Wildman–Crippen LogP) is 0.413. The zero-order chi connectivity index (χ0) is 9.84. The Hall–Kier alpha value is -1.50. The minimum absolute atomic E-state index is 0.176. The molecular weight excluding hydrogens is 196 g/mol. The summed E-state index contributed by atoms with van der Waals surface area (Å²) in [4.78, 5) is 21.4. The van der Waals surface area contributed by atoms with E-state index < -0.39 is 11.9 Å². The maximum Gasteiger partial charge on any atom is 0.360 e. The van der Waals surface area contributed by atoms with Crippen molar-refractivity contribution in [3.8, 4) is 0 Å². The Bertz CT molecular complexity index is 335. The van der Waals surface area contributed by atoms with E-state index >= 15 is 0 Å². The molecule has 0 saturated heterocycles. The van der Waals surface area contributed by atoms with Crippen LogP contribution in [0, 0.1) is 0 Å². The van der Waals surface area contributed by atoms with E-state index in [4.69, 9.17) is 5.11 Å². The topological polar surface area (TPSA) is 89.4 Å². The highest BCUT2D eigenvalue weighted by atomic mass is 32.1. The molecule has 70 valence electrons. The van der Waals surface area contributed by atoms with Gasteiger partial charge in [-0.15, -0.1) is 5.10 Å². The van der Waals surface area contributed by atoms with Crippen LogP contribution in [-0.2, 0) is 4.74 Å². The van der Waals surface area contributed by atoms with Gasteiger partial charge in [0.15, 0.2) is 10.6 Å². The standard InChI is InChI=1S/C6H6N2O4S/c1-2-12-6(11)3-4(5(9)10)13-8-7-3/h2H2,1H3,(H,9,10). The van der Waals surface area contributed by atoms with Crippen LogP contribution in [0.25, 0.3) is 0 Å². The van der Waals surface area contributed by atoms with Crippen molar-refractivity contribution in [3.05, 3.63) is 10.6 Å². The maximum atomic E-state index is 11.0. The molecule has 1 aromatic heterocycles. The van der Waals surface area contributed by atoms with E-state index in [0.717, 1.165) is 0 Å². The maximum absolute atomic E-state index is 11.0. The molecule has 7 heteroatoms. The number of esters is 1. The van der Waals surface area contributed by atoms with E-state index in [1.165, 1.54) is 0 Å². The van der Waals surface area contributed by atoms with E-state index in [2.05, 4.69) is 14.3 Å². The van der Waals surface area contributed by atoms with Crippen molar-refractivity contribution in [3.63, 3.8) is 0 Å². The third kappa shape index (κ3) is 2.00. The molecule has 0 aliphatic heterocycles. The van der Waals surface area contributed by atoms with Gasteiger partial charge in [-0.05, 0) is 18.5 Å². The van der Waals surface area contributed by atoms with E-state index in [0.29, 0.717) is 11.5 Å². The number of carboxylic acids is 1. The van der Waals surface area contributed by atoms with Gasteiger partial charge in [-0.25, -0.2) is 9.59 Å². The second-order valence-electron chi connectivity index (χ2n) is 1.98. The molecule has 0 unspecified atom stereocenters. The molecule has 1 aromatic rings. The second kappa shape index (κ2) is 3.94. The van der Waals surface area contributed by atoms with Crippen molar-refractivity contribution in [2.45, 2.75) is 6.92 Å². The zero-order valence-corrected chi connectivity index (χ0v) is 7.50. The molecule has 0 amide bonds. The number of rotatable bonds is 3. The molecule has 0 atom stereocenters. The average Bonchev–Trinajstić information content (AvgIpc) is 2.52. The molecule has 1 N–H and O–H groups in total. The molecule has 0 aliphatic rings. The minimum atomic E-state index is -1.22. The summed E-state index contributed by atoms with van der Waals surface area (Å²) in [5.41, 5.74) is -0.237. The first-order valence-electron chi connectivity index (χ1n) is 3.39. The van der Waals surface area contributed by atoms with Crippen LogP contribution < -0.4 is 0 Å². The van der Waals surface area contributed by atoms with Crippen LogP contribution in [0.1, 0.15) is 27.1 Å². The third-order valence-corrected chi connectivity index (χ3v) is 1.86. The molecular formula is C6H6N2O4S. The molecule has 0 spiro atoms. The van der Waals surface area contributed by atoms with Crippen molar-refractivity contribution in [2.24, 2.45) is 0 Å². The number of aromatic nitrogens is 2. The summed E-state index contributed by atoms with van der Waals surface area (Å²) in [6, 6.07) is 0. The van der Waals surface area contributed by atoms with Crippen molar-refractivity contribution in [2.75, 3.05) is 6.61 Å². The fourth-order valence-electron chi connectivity index (χ4n) is 0.664. The van der Waals surface area contributed by atoms with Gasteiger partial charge in [-0.2, -0.15) is 0 Å². The van der Waals surface area contributed by atoms with Gasteiger partial charge in [-0.1, -0.05) is 4.49 Å². The number of aromatic carboxylic acids is 1. The van der Waals surface area contributed by atoms with Crippen LogP contribution in [0.4, 0.5) is 0 Å². The first-order valence-corrected chi connectivity index (χ1v) is 4.17. The summed E-state index contributed by atoms with van der Waals surface area (Å²) >= 11 is 0.650. The van der Waals surface area contributed by atoms with Crippen LogP contribution in [0.3, 0.4) is 0 Å². The SMILES string of the molecule is CCOC(=O)c1nnsc1C(=O)O. The monoisotopic (exact) mass is 202 g/mol. The lowest BCUT2D eigenvalue weighted by atomic mass is 10.4. The number of hydrogen-bond acceptors (Lipinski definition) is 6. The third-order valence-electron chi connectivity index (χ3n) is 1.15. The zero-order valence-electron chi connectivity index (χ0n) is 6.68. The first kappa shape index (κ1) is 9.59. The van der Waals surface area contributed by atoms with Crippen molar-refractivity contribution < 1.29 is 19.4 Å². The predicted molar refractivity (Wildman–Crippen MR) is 42.8 cm³/mol. The Morgan fingerprint density at radius 2 is 2.31 bits per heavy atom. The van der Waals surface area contributed by atoms with Gasteiger partial charge < -0.3 is 9.84 Å². The van der Waals surface area contributed by atoms with E-state index in [9.17, 15) is 9.59 Å². The highest BCUT2D eigenvalue weighted by Crippen LogP contribution is 2.11. The van der Waals surface area contributed by atoms with Crippen LogP contribution in [0.5, 0.6) is 0 Å². The minimum Gasteiger partial charge on any atom is -0.477 e. The van der Waals surface area contributed by atoms with Crippen LogP contribution >= 0.6 is 11.5 Å². The van der Waals surface area contributed by atoms with Crippen LogP contribution in [0.2, 0.25) is 0 Å². The molecule has 0 aliphatic carbocycles. The Balaban J connectivity index is 2.93. The lowest BCUT2D eigenvalue weighted by molar-refractivity contribution is 0.0508. The van der Waals surface area contributed by atoms with Gasteiger partial charge in [0, 0.05) is 0 Å². The molecule has 13 heavy (non-hydrogen) atoms. The summed E-state index contributed by atoms with van der Waals surface area (Å²) in [5, 5.41) is 12.0. The Morgan fingerprint density at radius 3 is 2.85 bits per heavy atom. The van der Waals surface area contributed by atoms with Gasteiger partial charge >= 0.3 is 11.9 Å². The van der Waals surface area contributed by atoms with Crippen molar-refractivity contribution in [1.29, 1.82) is 0 Å². The summed E-state index contributed by atoms with van der Waals surface area (Å²) in [5.74, 6) is -1.98. The lowest BCUT2D eigenvalue weighted by Crippen LogP contribution is -2.10. The fourth-order valence-corrected chi connectivity index (χ4v) is 1.16. The normalized spacial score (nSPS) is 9.62. The van der Waals surface area contributed by atoms with E-state index in [1.807, 2.05) is 0 Å². The largest absolute Gasteiger partial charge is 0.477 e. The van der Waals surface area contributed by atoms with Crippen LogP contribution in [-0.4, -0.2) is 33.2 Å². The molecule has 1 rings (SSSR count). The quantitative estimate of drug-likeness (QED) is 0.714. The Morgan fingerprint density at radius 1 is 1.62 bits per heavy atom. The lowest BCUT2D eigenvalue weighted by Gasteiger charge is -1.96. The molecule has 0 saturated carbocycles. The van der Waals surface area contributed by atoms with E-state index in [1.54, 1.807) is 6.92 Å². The highest BCUT2D eigenvalue weighted by molar-refractivity contribution is 7.08. The summed E-state index contributed by atoms with van der Waals surface area (Å²) in [6.45, 7) is 1.80. The van der Waals surface area contributed by atoms with Gasteiger partial charge in [0.05, 0.1) is 6.61 Å². The fraction of sp³-hybridized carbons (Fsp3) is 0.333. The van der Waals surface area contributed by atoms with Gasteiger partial charge in [0.2, 0.25) is 0 Å². The number of hydrogen-bond donors (Lipinski definition) is 1. The van der Waals surface area contributed by atoms with Gasteiger partial charge in [0.25, 0.3) is 0 Å². The number of carboxylic acid groups (broad SMARTS) is 1. The molecule has 6 nitrogen and oxygen atoms in total. The molecule has 0 radical (unpaired) electrons. The molecule has 0 aromatic carbocycles. The summed E-state index contributed by atoms with van der Waals surface area (Å²) in [7, 11) is 0. The number of ether oxygens (including phenoxy) is 1. The summed E-state index contributed by atoms with van der Waals surface area (Å²) in [6.07, 6.45) is 0. The van der Waals surface area contributed by atoms with E-state index in [-0.39, 0.29) is 17.2 Å². The molecule has 0 bridgehead atoms. The average molecular weight is 202 g/mol. The Labute approximate surface area is 77.3 Å². The smallest absolute Gasteiger partial charge is 0.360 e. The van der Waals surface area contributed by atoms with Gasteiger partial charge in [-0.3, -0.25) is 0 Å². The second-order valence-corrected chi connectivity index (χ2v) is 2.73. The number of carbonyl (C=O) groups excluding carboxylic acids is 1. The van der Waals surface area contributed by atoms with Crippen molar-refractivity contribution in [1.82, 2.24) is 9.59 Å². The highest BCUT2D eigenvalue weighted by Gasteiger charge is 2.22. The van der Waals surface area contributed by atoms with Gasteiger partial charge in [0.1, 0.15) is 0 Å². The molecule has 1 heterocycles. The Kier molecular flexibility index (Phi) is 2.91. The van der Waals surface area contributed by atoms with Crippen LogP contribution in [0.15, 0.2) is 0 Å². The first-order chi connectivity index (χ1) is 6.16. The molecule has 0 fully saturated rings. The van der Waals surface area contributed by atoms with Crippen molar-refractivity contribution >= 4 is 23.5 Å². The summed E-state index contributed by atoms with van der Waals surface area (Å²) < 4.78 is 7.94. The number of carbonyl (C=O) groups is 2. The number of nitrogens with zero attached hydrogens (tertiary/aromatic N) is 2.